The number of alkyl halides is 1. The monoisotopic (exact) mass is 376 g/mol. The normalized spacial score (nSPS) is 12.8. The molecule has 0 nitrogen and oxygen atoms in total. The predicted octanol–water partition coefficient (Wildman–Crippen LogP) is 5.75. The van der Waals surface area contributed by atoms with Crippen molar-refractivity contribution in [1.29, 1.82) is 0 Å². The molecule has 0 spiro atoms. The fourth-order valence-electron chi connectivity index (χ4n) is 1.69. The summed E-state index contributed by atoms with van der Waals surface area (Å²) in [7, 11) is 0. The Morgan fingerprint density at radius 2 is 1.88 bits per heavy atom. The van der Waals surface area contributed by atoms with Crippen LogP contribution in [0.4, 0.5) is 4.39 Å². The number of hydrogen-bond donors (Lipinski definition) is 0. The quantitative estimate of drug-likeness (QED) is 0.584. The average Bonchev–Trinajstić information content (AvgIpc) is 2.58. The molecule has 0 aliphatic carbocycles. The number of hydrogen-bond acceptors (Lipinski definition) is 1. The third-order valence-electron chi connectivity index (χ3n) is 2.63. The molecule has 0 saturated heterocycles. The van der Waals surface area contributed by atoms with Gasteiger partial charge >= 0.3 is 0 Å². The minimum Gasteiger partial charge on any atom is -0.207 e. The minimum absolute atomic E-state index is 0.123. The van der Waals surface area contributed by atoms with Crippen molar-refractivity contribution in [2.45, 2.75) is 18.7 Å². The van der Waals surface area contributed by atoms with Crippen molar-refractivity contribution < 1.29 is 4.39 Å². The molecule has 0 aliphatic heterocycles. The summed E-state index contributed by atoms with van der Waals surface area (Å²) in [4.78, 5) is 1.35. The molecule has 0 radical (unpaired) electrons. The van der Waals surface area contributed by atoms with Gasteiger partial charge in [-0.05, 0) is 64.7 Å². The maximum atomic E-state index is 13.1. The zero-order valence-corrected chi connectivity index (χ0v) is 13.4. The van der Waals surface area contributed by atoms with E-state index in [0.29, 0.717) is 0 Å². The van der Waals surface area contributed by atoms with Crippen LogP contribution in [0.5, 0.6) is 0 Å². The Hall–Kier alpha value is -0.190. The lowest BCUT2D eigenvalue weighted by molar-refractivity contribution is 0.626. The van der Waals surface area contributed by atoms with Crippen molar-refractivity contribution in [1.82, 2.24) is 0 Å². The number of rotatable bonds is 2. The summed E-state index contributed by atoms with van der Waals surface area (Å²) in [6, 6.07) is 7.06. The molecule has 0 saturated carbocycles. The Morgan fingerprint density at radius 3 is 2.41 bits per heavy atom. The van der Waals surface area contributed by atoms with Crippen molar-refractivity contribution >= 4 is 43.2 Å². The maximum Gasteiger partial charge on any atom is 0.123 e. The van der Waals surface area contributed by atoms with Gasteiger partial charge < -0.3 is 0 Å². The highest BCUT2D eigenvalue weighted by molar-refractivity contribution is 9.11. The molecular weight excluding hydrogens is 367 g/mol. The number of thiophene rings is 1. The largest absolute Gasteiger partial charge is 0.207 e. The highest BCUT2D eigenvalue weighted by Crippen LogP contribution is 2.40. The molecule has 0 N–H and O–H groups in total. The smallest absolute Gasteiger partial charge is 0.123 e. The highest BCUT2D eigenvalue weighted by Gasteiger charge is 2.16. The molecular formula is C13H11Br2FS. The molecule has 4 heteroatoms. The molecule has 1 heterocycles. The van der Waals surface area contributed by atoms with Crippen LogP contribution in [0.1, 0.15) is 26.4 Å². The predicted molar refractivity (Wildman–Crippen MR) is 78.7 cm³/mol. The first-order valence-electron chi connectivity index (χ1n) is 5.15. The summed E-state index contributed by atoms with van der Waals surface area (Å²) in [6.07, 6.45) is 0. The SMILES string of the molecule is Cc1cc(F)ccc1C(Br)c1cc(C)c(Br)s1. The Bertz CT molecular complexity index is 529. The van der Waals surface area contributed by atoms with E-state index in [9.17, 15) is 4.39 Å². The van der Waals surface area contributed by atoms with E-state index in [1.165, 1.54) is 16.5 Å². The molecule has 1 unspecified atom stereocenters. The maximum absolute atomic E-state index is 13.1. The van der Waals surface area contributed by atoms with Gasteiger partial charge in [0.1, 0.15) is 5.82 Å². The third-order valence-corrected chi connectivity index (χ3v) is 6.12. The van der Waals surface area contributed by atoms with E-state index < -0.39 is 0 Å². The van der Waals surface area contributed by atoms with E-state index in [0.717, 1.165) is 14.9 Å². The molecule has 0 bridgehead atoms. The van der Waals surface area contributed by atoms with Gasteiger partial charge in [-0.15, -0.1) is 11.3 Å². The number of benzene rings is 1. The van der Waals surface area contributed by atoms with Gasteiger partial charge in [-0.3, -0.25) is 0 Å². The molecule has 1 atom stereocenters. The molecule has 17 heavy (non-hydrogen) atoms. The van der Waals surface area contributed by atoms with Gasteiger partial charge in [-0.25, -0.2) is 4.39 Å². The summed E-state index contributed by atoms with van der Waals surface area (Å²) in [6.45, 7) is 4.00. The topological polar surface area (TPSA) is 0 Å². The molecule has 90 valence electrons. The lowest BCUT2D eigenvalue weighted by Crippen LogP contribution is -1.94. The molecule has 1 aromatic carbocycles. The van der Waals surface area contributed by atoms with Crippen LogP contribution >= 0.6 is 43.2 Å². The van der Waals surface area contributed by atoms with Crippen LogP contribution in [-0.2, 0) is 0 Å². The Morgan fingerprint density at radius 1 is 1.18 bits per heavy atom. The lowest BCUT2D eigenvalue weighted by atomic mass is 10.0. The van der Waals surface area contributed by atoms with Crippen molar-refractivity contribution in [3.05, 3.63) is 55.4 Å². The summed E-state index contributed by atoms with van der Waals surface area (Å²) >= 11 is 8.92. The van der Waals surface area contributed by atoms with E-state index in [1.54, 1.807) is 17.4 Å². The van der Waals surface area contributed by atoms with Gasteiger partial charge in [-0.2, -0.15) is 0 Å². The number of aryl methyl sites for hydroxylation is 2. The van der Waals surface area contributed by atoms with E-state index in [-0.39, 0.29) is 10.6 Å². The average molecular weight is 378 g/mol. The Labute approximate surface area is 121 Å². The second kappa shape index (κ2) is 5.21. The van der Waals surface area contributed by atoms with Crippen molar-refractivity contribution in [3.8, 4) is 0 Å². The Balaban J connectivity index is 2.39. The molecule has 2 rings (SSSR count). The highest BCUT2D eigenvalue weighted by atomic mass is 79.9. The zero-order valence-electron chi connectivity index (χ0n) is 9.43. The van der Waals surface area contributed by atoms with E-state index >= 15 is 0 Å². The minimum atomic E-state index is -0.186. The molecule has 2 aromatic rings. The first kappa shape index (κ1) is 13.2. The van der Waals surface area contributed by atoms with Crippen LogP contribution in [0.15, 0.2) is 28.1 Å². The molecule has 0 aliphatic rings. The Kier molecular flexibility index (Phi) is 4.06. The molecule has 0 amide bonds. The summed E-state index contributed by atoms with van der Waals surface area (Å²) in [5.41, 5.74) is 3.31. The van der Waals surface area contributed by atoms with Crippen LogP contribution in [0.2, 0.25) is 0 Å². The summed E-state index contributed by atoms with van der Waals surface area (Å²) < 4.78 is 14.2. The van der Waals surface area contributed by atoms with Gasteiger partial charge in [0.2, 0.25) is 0 Å². The van der Waals surface area contributed by atoms with Crippen LogP contribution in [0.3, 0.4) is 0 Å². The van der Waals surface area contributed by atoms with Crippen molar-refractivity contribution in [2.75, 3.05) is 0 Å². The fraction of sp³-hybridized carbons (Fsp3) is 0.231. The van der Waals surface area contributed by atoms with Gasteiger partial charge in [0.15, 0.2) is 0 Å². The van der Waals surface area contributed by atoms with Crippen LogP contribution in [0, 0.1) is 19.7 Å². The third kappa shape index (κ3) is 2.80. The number of halogens is 3. The van der Waals surface area contributed by atoms with Gasteiger partial charge in [0, 0.05) is 4.88 Å². The molecule has 0 fully saturated rings. The second-order valence-electron chi connectivity index (χ2n) is 3.97. The van der Waals surface area contributed by atoms with Gasteiger partial charge in [0.05, 0.1) is 8.61 Å². The van der Waals surface area contributed by atoms with E-state index in [2.05, 4.69) is 44.8 Å². The van der Waals surface area contributed by atoms with Crippen molar-refractivity contribution in [2.24, 2.45) is 0 Å². The summed E-state index contributed by atoms with van der Waals surface area (Å²) in [5, 5.41) is 0. The van der Waals surface area contributed by atoms with Crippen LogP contribution in [0.25, 0.3) is 0 Å². The standard InChI is InChI=1S/C13H11Br2FS/c1-7-5-9(16)3-4-10(7)12(14)11-6-8(2)13(15)17-11/h3-6,12H,1-2H3. The van der Waals surface area contributed by atoms with Gasteiger partial charge in [-0.1, -0.05) is 22.0 Å². The summed E-state index contributed by atoms with van der Waals surface area (Å²) in [5.74, 6) is -0.186. The first-order valence-corrected chi connectivity index (χ1v) is 7.67. The molecule has 1 aromatic heterocycles. The van der Waals surface area contributed by atoms with Crippen LogP contribution in [-0.4, -0.2) is 0 Å². The van der Waals surface area contributed by atoms with Crippen LogP contribution < -0.4 is 0 Å². The fourth-order valence-corrected chi connectivity index (χ4v) is 4.18. The van der Waals surface area contributed by atoms with Gasteiger partial charge in [0.25, 0.3) is 0 Å². The zero-order chi connectivity index (χ0) is 12.6. The second-order valence-corrected chi connectivity index (χ2v) is 7.29. The lowest BCUT2D eigenvalue weighted by Gasteiger charge is -2.11. The van der Waals surface area contributed by atoms with Crippen molar-refractivity contribution in [3.63, 3.8) is 0 Å². The first-order chi connectivity index (χ1) is 7.99. The van der Waals surface area contributed by atoms with E-state index in [1.807, 2.05) is 13.0 Å². The van der Waals surface area contributed by atoms with E-state index in [4.69, 9.17) is 0 Å².